The molecular weight excluding hydrogens is 344 g/mol. The molecule has 1 aromatic heterocycles. The molecule has 2 rings (SSSR count). The molecule has 10 nitrogen and oxygen atoms in total. The van der Waals surface area contributed by atoms with E-state index in [0.717, 1.165) is 12.3 Å². The van der Waals surface area contributed by atoms with Crippen LogP contribution in [0.5, 0.6) is 0 Å². The summed E-state index contributed by atoms with van der Waals surface area (Å²) in [5, 5.41) is 19.2. The third kappa shape index (κ3) is 3.19. The Kier molecular flexibility index (Phi) is 4.66. The third-order valence-corrected chi connectivity index (χ3v) is 3.73. The van der Waals surface area contributed by atoms with Gasteiger partial charge in [0, 0.05) is 6.20 Å². The standard InChI is InChI=1S/C9H13FN3O7PS/c10-9(13-2-1-5(11)12-8(13)16)7(15)6(4(3-14)19-9)20-21(17,18)22/h1-2,4,6-7,14-15H,3H2,(H2,11,12,16)(H2,17,18,22)/t4-,6-,7-,9+/m1/s1. The molecule has 1 saturated heterocycles. The summed E-state index contributed by atoms with van der Waals surface area (Å²) in [6.07, 6.45) is -4.50. The Bertz CT molecular complexity index is 669. The highest BCUT2D eigenvalue weighted by molar-refractivity contribution is 8.06. The molecule has 124 valence electrons. The largest absolute Gasteiger partial charge is 0.394 e. The number of rotatable bonds is 4. The highest BCUT2D eigenvalue weighted by Crippen LogP contribution is 2.46. The number of alkyl halides is 1. The molecule has 0 bridgehead atoms. The van der Waals surface area contributed by atoms with E-state index in [9.17, 15) is 14.3 Å². The molecule has 6 N–H and O–H groups in total. The van der Waals surface area contributed by atoms with Crippen molar-refractivity contribution in [3.05, 3.63) is 22.7 Å². The lowest BCUT2D eigenvalue weighted by Gasteiger charge is -2.25. The number of aliphatic hydroxyl groups excluding tert-OH is 2. The molecular formula is C9H13FN3O7PS. The summed E-state index contributed by atoms with van der Waals surface area (Å²) >= 11 is 4.24. The lowest BCUT2D eigenvalue weighted by Crippen LogP contribution is -2.47. The molecule has 0 spiro atoms. The minimum atomic E-state index is -4.28. The zero-order valence-electron chi connectivity index (χ0n) is 10.8. The van der Waals surface area contributed by atoms with Crippen molar-refractivity contribution < 1.29 is 33.7 Å². The van der Waals surface area contributed by atoms with Crippen molar-refractivity contribution in [2.75, 3.05) is 12.3 Å². The van der Waals surface area contributed by atoms with Gasteiger partial charge in [0.25, 0.3) is 0 Å². The number of hydrogen-bond acceptors (Lipinski definition) is 8. The molecule has 1 fully saturated rings. The SMILES string of the molecule is Nc1ccn([C@]2(F)O[C@H](CO)[C@@H](OP(O)(O)=S)[C@H]2O)c(=O)n1. The molecule has 0 aromatic carbocycles. The number of nitrogens with two attached hydrogens (primary N) is 1. The molecule has 13 heteroatoms. The van der Waals surface area contributed by atoms with Crippen LogP contribution in [0.25, 0.3) is 0 Å². The minimum absolute atomic E-state index is 0.176. The van der Waals surface area contributed by atoms with Crippen LogP contribution in [-0.4, -0.2) is 54.5 Å². The van der Waals surface area contributed by atoms with Gasteiger partial charge in [-0.15, -0.1) is 0 Å². The predicted octanol–water partition coefficient (Wildman–Crippen LogP) is -2.25. The quantitative estimate of drug-likeness (QED) is 0.372. The molecule has 1 aliphatic rings. The van der Waals surface area contributed by atoms with Gasteiger partial charge < -0.3 is 30.5 Å². The first-order chi connectivity index (χ1) is 10.1. The van der Waals surface area contributed by atoms with Gasteiger partial charge in [0.1, 0.15) is 18.0 Å². The summed E-state index contributed by atoms with van der Waals surface area (Å²) in [5.74, 6) is -3.33. The zero-order valence-corrected chi connectivity index (χ0v) is 12.5. The van der Waals surface area contributed by atoms with Crippen LogP contribution in [0.15, 0.2) is 17.1 Å². The Labute approximate surface area is 127 Å². The molecule has 1 aliphatic heterocycles. The average Bonchev–Trinajstić information content (AvgIpc) is 2.62. The second kappa shape index (κ2) is 5.91. The maximum atomic E-state index is 14.9. The third-order valence-electron chi connectivity index (χ3n) is 2.95. The van der Waals surface area contributed by atoms with Crippen molar-refractivity contribution in [3.63, 3.8) is 0 Å². The summed E-state index contributed by atoms with van der Waals surface area (Å²) in [4.78, 5) is 33.2. The minimum Gasteiger partial charge on any atom is -0.394 e. The van der Waals surface area contributed by atoms with Crippen LogP contribution >= 0.6 is 6.72 Å². The van der Waals surface area contributed by atoms with E-state index in [-0.39, 0.29) is 5.82 Å². The Balaban J connectivity index is 2.43. The zero-order chi connectivity index (χ0) is 16.7. The van der Waals surface area contributed by atoms with E-state index >= 15 is 0 Å². The maximum absolute atomic E-state index is 14.9. The van der Waals surface area contributed by atoms with Gasteiger partial charge in [-0.05, 0) is 17.9 Å². The second-order valence-electron chi connectivity index (χ2n) is 4.46. The smallest absolute Gasteiger partial charge is 0.354 e. The van der Waals surface area contributed by atoms with Gasteiger partial charge in [0.2, 0.25) is 0 Å². The molecule has 1 aromatic rings. The van der Waals surface area contributed by atoms with E-state index < -0.39 is 43.3 Å². The number of halogens is 1. The average molecular weight is 357 g/mol. The van der Waals surface area contributed by atoms with Crippen molar-refractivity contribution in [1.82, 2.24) is 9.55 Å². The molecule has 2 heterocycles. The normalized spacial score (nSPS) is 32.3. The van der Waals surface area contributed by atoms with E-state index in [1.54, 1.807) is 0 Å². The van der Waals surface area contributed by atoms with Crippen LogP contribution in [0, 0.1) is 0 Å². The fraction of sp³-hybridized carbons (Fsp3) is 0.556. The summed E-state index contributed by atoms with van der Waals surface area (Å²) < 4.78 is 24.6. The number of nitrogen functional groups attached to an aromatic ring is 1. The van der Waals surface area contributed by atoms with Crippen molar-refractivity contribution in [1.29, 1.82) is 0 Å². The molecule has 0 unspecified atom stereocenters. The Morgan fingerprint density at radius 2 is 2.27 bits per heavy atom. The van der Waals surface area contributed by atoms with Gasteiger partial charge in [-0.1, -0.05) is 0 Å². The molecule has 0 amide bonds. The fourth-order valence-corrected chi connectivity index (χ4v) is 2.89. The predicted molar refractivity (Wildman–Crippen MR) is 73.6 cm³/mol. The first-order valence-electron chi connectivity index (χ1n) is 5.84. The van der Waals surface area contributed by atoms with Crippen LogP contribution in [-0.2, 0) is 27.0 Å². The first-order valence-corrected chi connectivity index (χ1v) is 8.46. The molecule has 4 atom stereocenters. The van der Waals surface area contributed by atoms with Crippen LogP contribution in [0.4, 0.5) is 10.2 Å². The summed E-state index contributed by atoms with van der Waals surface area (Å²) in [5.41, 5.74) is 4.12. The van der Waals surface area contributed by atoms with E-state index in [0.29, 0.717) is 4.57 Å². The monoisotopic (exact) mass is 357 g/mol. The van der Waals surface area contributed by atoms with Gasteiger partial charge >= 0.3 is 18.4 Å². The Morgan fingerprint density at radius 3 is 2.77 bits per heavy atom. The van der Waals surface area contributed by atoms with Crippen LogP contribution < -0.4 is 11.4 Å². The highest BCUT2D eigenvalue weighted by Gasteiger charge is 2.59. The summed E-state index contributed by atoms with van der Waals surface area (Å²) in [6, 6.07) is 1.09. The number of aliphatic hydroxyl groups is 2. The van der Waals surface area contributed by atoms with Gasteiger partial charge in [0.15, 0.2) is 6.10 Å². The van der Waals surface area contributed by atoms with Crippen molar-refractivity contribution in [3.8, 4) is 0 Å². The maximum Gasteiger partial charge on any atom is 0.354 e. The van der Waals surface area contributed by atoms with Crippen LogP contribution in [0.1, 0.15) is 0 Å². The number of anilines is 1. The fourth-order valence-electron chi connectivity index (χ4n) is 2.03. The van der Waals surface area contributed by atoms with E-state index in [1.165, 1.54) is 0 Å². The van der Waals surface area contributed by atoms with Crippen molar-refractivity contribution >= 4 is 24.3 Å². The lowest BCUT2D eigenvalue weighted by molar-refractivity contribution is -0.239. The van der Waals surface area contributed by atoms with Gasteiger partial charge in [-0.25, -0.2) is 9.36 Å². The number of aromatic nitrogens is 2. The molecule has 0 radical (unpaired) electrons. The molecule has 0 aliphatic carbocycles. The van der Waals surface area contributed by atoms with Crippen molar-refractivity contribution in [2.45, 2.75) is 24.3 Å². The van der Waals surface area contributed by atoms with Crippen molar-refractivity contribution in [2.24, 2.45) is 0 Å². The topological polar surface area (TPSA) is 160 Å². The van der Waals surface area contributed by atoms with E-state index in [2.05, 4.69) is 21.3 Å². The molecule has 22 heavy (non-hydrogen) atoms. The number of nitrogens with zero attached hydrogens (tertiary/aromatic N) is 2. The summed E-state index contributed by atoms with van der Waals surface area (Å²) in [7, 11) is 0. The summed E-state index contributed by atoms with van der Waals surface area (Å²) in [6.45, 7) is -5.11. The van der Waals surface area contributed by atoms with Crippen LogP contribution in [0.3, 0.4) is 0 Å². The van der Waals surface area contributed by atoms with Gasteiger partial charge in [-0.2, -0.15) is 9.37 Å². The van der Waals surface area contributed by atoms with Crippen LogP contribution in [0.2, 0.25) is 0 Å². The van der Waals surface area contributed by atoms with Gasteiger partial charge in [-0.3, -0.25) is 4.52 Å². The van der Waals surface area contributed by atoms with Gasteiger partial charge in [0.05, 0.1) is 6.61 Å². The van der Waals surface area contributed by atoms with E-state index in [4.69, 9.17) is 25.4 Å². The lowest BCUT2D eigenvalue weighted by atomic mass is 10.1. The van der Waals surface area contributed by atoms with E-state index in [1.807, 2.05) is 0 Å². The number of ether oxygens (including phenoxy) is 1. The molecule has 0 saturated carbocycles. The second-order valence-corrected chi connectivity index (χ2v) is 7.08. The first kappa shape index (κ1) is 17.4. The number of hydrogen-bond donors (Lipinski definition) is 5. The highest BCUT2D eigenvalue weighted by atomic mass is 32.5. The Morgan fingerprint density at radius 1 is 1.64 bits per heavy atom. The Hall–Kier alpha value is -0.980.